The highest BCUT2D eigenvalue weighted by Crippen LogP contribution is 2.33. The summed E-state index contributed by atoms with van der Waals surface area (Å²) in [6, 6.07) is 11.7. The number of fused-ring (bicyclic) bond motifs is 1. The molecule has 0 bridgehead atoms. The Kier molecular flexibility index (Phi) is 2.39. The lowest BCUT2D eigenvalue weighted by molar-refractivity contribution is 1.49. The van der Waals surface area contributed by atoms with Crippen LogP contribution in [0.5, 0.6) is 0 Å². The highest BCUT2D eigenvalue weighted by molar-refractivity contribution is 9.10. The predicted octanol–water partition coefficient (Wildman–Crippen LogP) is 4.54. The molecule has 2 aromatic rings. The van der Waals surface area contributed by atoms with Crippen molar-refractivity contribution < 1.29 is 0 Å². The third kappa shape index (κ3) is 1.45. The molecule has 0 aliphatic carbocycles. The van der Waals surface area contributed by atoms with Crippen LogP contribution in [-0.2, 0) is 0 Å². The Labute approximate surface area is 89.1 Å². The fraction of sp³-hybridized carbons (Fsp3) is 0. The van der Waals surface area contributed by atoms with E-state index in [2.05, 4.69) is 26.0 Å². The Bertz CT molecular complexity index is 530. The summed E-state index contributed by atoms with van der Waals surface area (Å²) in [7, 11) is 0. The Morgan fingerprint density at radius 2 is 1.93 bits per heavy atom. The summed E-state index contributed by atoms with van der Waals surface area (Å²) in [5.74, 6) is 0. The van der Waals surface area contributed by atoms with Crippen LogP contribution in [0.4, 0.5) is 5.69 Å². The maximum absolute atomic E-state index is 8.44. The number of hydrogen-bond acceptors (Lipinski definition) is 1. The van der Waals surface area contributed by atoms with E-state index in [1.807, 2.05) is 36.4 Å². The van der Waals surface area contributed by atoms with Crippen molar-refractivity contribution in [3.05, 3.63) is 51.3 Å². The van der Waals surface area contributed by atoms with Gasteiger partial charge < -0.3 is 0 Å². The van der Waals surface area contributed by atoms with Crippen molar-refractivity contribution in [2.75, 3.05) is 0 Å². The minimum atomic E-state index is 0.644. The summed E-state index contributed by atoms with van der Waals surface area (Å²) in [4.78, 5) is 2.81. The van der Waals surface area contributed by atoms with Crippen LogP contribution in [0, 0.1) is 0 Å². The molecule has 0 heterocycles. The highest BCUT2D eigenvalue weighted by Gasteiger charge is 2.02. The van der Waals surface area contributed by atoms with E-state index in [4.69, 9.17) is 5.53 Å². The Morgan fingerprint density at radius 3 is 2.71 bits per heavy atom. The number of benzene rings is 2. The standard InChI is InChI=1S/C10H6BrN3/c11-9-6-5-7-3-1-2-4-8(7)10(9)13-14-12/h1-6H. The molecule has 3 nitrogen and oxygen atoms in total. The zero-order chi connectivity index (χ0) is 9.97. The normalized spacial score (nSPS) is 9.79. The van der Waals surface area contributed by atoms with Gasteiger partial charge in [0, 0.05) is 9.38 Å². The molecular weight excluding hydrogens is 242 g/mol. The number of halogens is 1. The average molecular weight is 248 g/mol. The largest absolute Gasteiger partial charge is 0.0616 e. The van der Waals surface area contributed by atoms with E-state index in [1.54, 1.807) is 0 Å². The van der Waals surface area contributed by atoms with Gasteiger partial charge in [0.1, 0.15) is 0 Å². The molecule has 4 heteroatoms. The topological polar surface area (TPSA) is 48.8 Å². The van der Waals surface area contributed by atoms with Crippen LogP contribution in [0.25, 0.3) is 21.2 Å². The van der Waals surface area contributed by atoms with Crippen LogP contribution < -0.4 is 0 Å². The molecule has 14 heavy (non-hydrogen) atoms. The monoisotopic (exact) mass is 247 g/mol. The van der Waals surface area contributed by atoms with Crippen LogP contribution >= 0.6 is 15.9 Å². The van der Waals surface area contributed by atoms with E-state index in [1.165, 1.54) is 0 Å². The van der Waals surface area contributed by atoms with E-state index >= 15 is 0 Å². The number of rotatable bonds is 1. The number of azide groups is 1. The molecule has 68 valence electrons. The lowest BCUT2D eigenvalue weighted by atomic mass is 10.1. The van der Waals surface area contributed by atoms with Crippen molar-refractivity contribution in [1.82, 2.24) is 0 Å². The highest BCUT2D eigenvalue weighted by atomic mass is 79.9. The fourth-order valence-electron chi connectivity index (χ4n) is 1.37. The molecule has 2 rings (SSSR count). The lowest BCUT2D eigenvalue weighted by Crippen LogP contribution is -1.74. The van der Waals surface area contributed by atoms with Crippen molar-refractivity contribution in [2.45, 2.75) is 0 Å². The Morgan fingerprint density at radius 1 is 1.14 bits per heavy atom. The van der Waals surface area contributed by atoms with Crippen molar-refractivity contribution in [3.63, 3.8) is 0 Å². The minimum Gasteiger partial charge on any atom is -0.0616 e. The van der Waals surface area contributed by atoms with Crippen molar-refractivity contribution >= 4 is 32.4 Å². The summed E-state index contributed by atoms with van der Waals surface area (Å²) in [5.41, 5.74) is 9.09. The molecule has 0 amide bonds. The van der Waals surface area contributed by atoms with Gasteiger partial charge in [0.15, 0.2) is 0 Å². The molecule has 0 fully saturated rings. The first-order valence-electron chi connectivity index (χ1n) is 4.05. The van der Waals surface area contributed by atoms with Crippen LogP contribution in [0.1, 0.15) is 0 Å². The molecule has 0 atom stereocenters. The zero-order valence-electron chi connectivity index (χ0n) is 7.18. The quantitative estimate of drug-likeness (QED) is 0.404. The van der Waals surface area contributed by atoms with Crippen molar-refractivity contribution in [1.29, 1.82) is 0 Å². The van der Waals surface area contributed by atoms with E-state index in [0.29, 0.717) is 5.69 Å². The summed E-state index contributed by atoms with van der Waals surface area (Å²) in [6.07, 6.45) is 0. The SMILES string of the molecule is [N-]=[N+]=Nc1c(Br)ccc2ccccc12. The molecule has 0 saturated heterocycles. The van der Waals surface area contributed by atoms with Crippen LogP contribution in [0.2, 0.25) is 0 Å². The molecule has 0 N–H and O–H groups in total. The third-order valence-electron chi connectivity index (χ3n) is 2.00. The van der Waals surface area contributed by atoms with Gasteiger partial charge in [-0.15, -0.1) is 0 Å². The molecule has 0 spiro atoms. The average Bonchev–Trinajstić information content (AvgIpc) is 2.23. The van der Waals surface area contributed by atoms with E-state index < -0.39 is 0 Å². The number of nitrogens with zero attached hydrogens (tertiary/aromatic N) is 3. The molecule has 0 unspecified atom stereocenters. The summed E-state index contributed by atoms with van der Waals surface area (Å²) >= 11 is 3.35. The van der Waals surface area contributed by atoms with E-state index in [-0.39, 0.29) is 0 Å². The van der Waals surface area contributed by atoms with Gasteiger partial charge in [-0.1, -0.05) is 51.4 Å². The van der Waals surface area contributed by atoms with Crippen LogP contribution in [0.15, 0.2) is 46.0 Å². The first-order valence-corrected chi connectivity index (χ1v) is 4.84. The Balaban J connectivity index is 2.89. The second-order valence-corrected chi connectivity index (χ2v) is 3.66. The van der Waals surface area contributed by atoms with Crippen molar-refractivity contribution in [3.8, 4) is 0 Å². The van der Waals surface area contributed by atoms with Crippen molar-refractivity contribution in [2.24, 2.45) is 5.11 Å². The van der Waals surface area contributed by atoms with Crippen LogP contribution in [-0.4, -0.2) is 0 Å². The van der Waals surface area contributed by atoms with E-state index in [0.717, 1.165) is 15.2 Å². The van der Waals surface area contributed by atoms with Gasteiger partial charge in [-0.3, -0.25) is 0 Å². The summed E-state index contributed by atoms with van der Waals surface area (Å²) in [6.45, 7) is 0. The minimum absolute atomic E-state index is 0.644. The molecule has 0 aliphatic rings. The van der Waals surface area contributed by atoms with E-state index in [9.17, 15) is 0 Å². The zero-order valence-corrected chi connectivity index (χ0v) is 8.77. The first kappa shape index (κ1) is 9.06. The smallest absolute Gasteiger partial charge is 0.0595 e. The molecule has 0 aliphatic heterocycles. The molecule has 0 aromatic heterocycles. The van der Waals surface area contributed by atoms with Gasteiger partial charge in [-0.05, 0) is 22.4 Å². The summed E-state index contributed by atoms with van der Waals surface area (Å²) in [5, 5.41) is 5.69. The van der Waals surface area contributed by atoms with Gasteiger partial charge >= 0.3 is 0 Å². The maximum atomic E-state index is 8.44. The summed E-state index contributed by atoms with van der Waals surface area (Å²) < 4.78 is 0.814. The molecular formula is C10H6BrN3. The maximum Gasteiger partial charge on any atom is 0.0595 e. The van der Waals surface area contributed by atoms with Gasteiger partial charge in [-0.25, -0.2) is 0 Å². The van der Waals surface area contributed by atoms with Gasteiger partial charge in [0.25, 0.3) is 0 Å². The molecule has 0 radical (unpaired) electrons. The van der Waals surface area contributed by atoms with Crippen LogP contribution in [0.3, 0.4) is 0 Å². The predicted molar refractivity (Wildman–Crippen MR) is 60.5 cm³/mol. The second-order valence-electron chi connectivity index (χ2n) is 2.81. The molecule has 2 aromatic carbocycles. The van der Waals surface area contributed by atoms with Gasteiger partial charge in [-0.2, -0.15) is 0 Å². The third-order valence-corrected chi connectivity index (χ3v) is 2.64. The Hall–Kier alpha value is -1.51. The lowest BCUT2D eigenvalue weighted by Gasteiger charge is -2.02. The first-order chi connectivity index (χ1) is 6.83. The molecule has 0 saturated carbocycles. The second kappa shape index (κ2) is 3.70. The fourth-order valence-corrected chi connectivity index (χ4v) is 1.80. The van der Waals surface area contributed by atoms with Gasteiger partial charge in [0.2, 0.25) is 0 Å². The van der Waals surface area contributed by atoms with Gasteiger partial charge in [0.05, 0.1) is 5.69 Å². The number of hydrogen-bond donors (Lipinski definition) is 0.